The molecule has 0 bridgehead atoms. The molecular weight excluding hydrogens is 791 g/mol. The zero-order chi connectivity index (χ0) is 42.5. The van der Waals surface area contributed by atoms with Gasteiger partial charge in [0, 0.05) is 54.5 Å². The van der Waals surface area contributed by atoms with Crippen LogP contribution >= 0.6 is 0 Å². The molecule has 4 nitrogen and oxygen atoms in total. The predicted molar refractivity (Wildman–Crippen MR) is 274 cm³/mol. The van der Waals surface area contributed by atoms with Crippen molar-refractivity contribution >= 4 is 114 Å². The molecule has 0 fully saturated rings. The van der Waals surface area contributed by atoms with Gasteiger partial charge in [0.1, 0.15) is 0 Å². The van der Waals surface area contributed by atoms with Gasteiger partial charge in [0.05, 0.1) is 33.1 Å². The lowest BCUT2D eigenvalue weighted by atomic mass is 9.91. The van der Waals surface area contributed by atoms with E-state index in [1.165, 1.54) is 75.9 Å². The van der Waals surface area contributed by atoms with Gasteiger partial charge in [0.2, 0.25) is 0 Å². The molecule has 0 spiro atoms. The fourth-order valence-corrected chi connectivity index (χ4v) is 11.5. The molecule has 0 atom stereocenters. The summed E-state index contributed by atoms with van der Waals surface area (Å²) in [6.07, 6.45) is 0. The second-order valence-electron chi connectivity index (χ2n) is 17.6. The Balaban J connectivity index is 1.02. The number of rotatable bonds is 3. The summed E-state index contributed by atoms with van der Waals surface area (Å²) in [5.74, 6) is 0. The molecule has 0 aliphatic rings. The van der Waals surface area contributed by atoms with E-state index in [1.807, 2.05) is 28.7 Å². The number of hydrogen-bond acceptors (Lipinski definition) is 1. The number of para-hydroxylation sites is 4. The first kappa shape index (κ1) is 34.8. The summed E-state index contributed by atoms with van der Waals surface area (Å²) in [6, 6.07) is 77.0. The molecular formula is C61H35N3O. The topological polar surface area (TPSA) is 31.3 Å². The molecule has 0 saturated heterocycles. The van der Waals surface area contributed by atoms with Crippen molar-refractivity contribution in [2.24, 2.45) is 0 Å². The van der Waals surface area contributed by atoms with Crippen molar-refractivity contribution in [3.05, 3.63) is 223 Å². The molecule has 4 aromatic heterocycles. The Labute approximate surface area is 371 Å². The van der Waals surface area contributed by atoms with Crippen molar-refractivity contribution < 1.29 is 0 Å². The minimum atomic E-state index is 0.0261. The minimum Gasteiger partial charge on any atom is -0.309 e. The van der Waals surface area contributed by atoms with Crippen LogP contribution in [0, 0.1) is 0 Å². The summed E-state index contributed by atoms with van der Waals surface area (Å²) in [7, 11) is 0. The highest BCUT2D eigenvalue weighted by Gasteiger charge is 2.21. The van der Waals surface area contributed by atoms with Crippen molar-refractivity contribution in [3.8, 4) is 22.5 Å². The van der Waals surface area contributed by atoms with E-state index in [9.17, 15) is 4.79 Å². The number of fused-ring (bicyclic) bond motifs is 17. The average molecular weight is 826 g/mol. The third-order valence-electron chi connectivity index (χ3n) is 14.3. The number of aromatic nitrogens is 3. The molecule has 4 heterocycles. The fraction of sp³-hybridized carbons (Fsp3) is 0. The van der Waals surface area contributed by atoms with Gasteiger partial charge in [-0.1, -0.05) is 133 Å². The molecule has 0 unspecified atom stereocenters. The highest BCUT2D eigenvalue weighted by atomic mass is 16.1. The normalized spacial score (nSPS) is 12.4. The molecule has 0 aliphatic heterocycles. The molecule has 0 aliphatic carbocycles. The van der Waals surface area contributed by atoms with E-state index in [4.69, 9.17) is 0 Å². The number of hydrogen-bond donors (Lipinski definition) is 0. The van der Waals surface area contributed by atoms with Gasteiger partial charge in [0.25, 0.3) is 5.56 Å². The van der Waals surface area contributed by atoms with Gasteiger partial charge in [-0.05, 0) is 128 Å². The van der Waals surface area contributed by atoms with Crippen LogP contribution in [0.2, 0.25) is 0 Å². The lowest BCUT2D eigenvalue weighted by Crippen LogP contribution is -2.12. The zero-order valence-corrected chi connectivity index (χ0v) is 35.0. The Bertz CT molecular complexity index is 4610. The second-order valence-corrected chi connectivity index (χ2v) is 17.6. The van der Waals surface area contributed by atoms with Crippen molar-refractivity contribution in [2.75, 3.05) is 0 Å². The van der Waals surface area contributed by atoms with E-state index in [-0.39, 0.29) is 5.56 Å². The Hall–Kier alpha value is -8.73. The van der Waals surface area contributed by atoms with Crippen LogP contribution in [0.1, 0.15) is 0 Å². The first-order chi connectivity index (χ1) is 32.2. The fourth-order valence-electron chi connectivity index (χ4n) is 11.5. The van der Waals surface area contributed by atoms with Crippen LogP contribution in [0.15, 0.2) is 217 Å². The van der Waals surface area contributed by atoms with Gasteiger partial charge in [0.15, 0.2) is 0 Å². The predicted octanol–water partition coefficient (Wildman–Crippen LogP) is 15.5. The van der Waals surface area contributed by atoms with E-state index >= 15 is 0 Å². The Morgan fingerprint density at radius 2 is 0.692 bits per heavy atom. The molecule has 0 N–H and O–H groups in total. The monoisotopic (exact) mass is 825 g/mol. The first-order valence-electron chi connectivity index (χ1n) is 22.3. The summed E-state index contributed by atoms with van der Waals surface area (Å²) < 4.78 is 6.80. The van der Waals surface area contributed by atoms with Gasteiger partial charge >= 0.3 is 0 Å². The molecule has 15 rings (SSSR count). The lowest BCUT2D eigenvalue weighted by molar-refractivity contribution is 1.17. The number of benzene rings is 11. The van der Waals surface area contributed by atoms with Gasteiger partial charge in [-0.25, -0.2) is 0 Å². The van der Waals surface area contributed by atoms with Crippen molar-refractivity contribution in [1.82, 2.24) is 13.5 Å². The quantitative estimate of drug-likeness (QED) is 0.163. The maximum absolute atomic E-state index is 14.1. The van der Waals surface area contributed by atoms with Crippen molar-refractivity contribution in [2.45, 2.75) is 0 Å². The molecule has 11 aromatic carbocycles. The summed E-state index contributed by atoms with van der Waals surface area (Å²) in [4.78, 5) is 14.1. The smallest absolute Gasteiger partial charge is 0.263 e. The van der Waals surface area contributed by atoms with E-state index < -0.39 is 0 Å². The average Bonchev–Trinajstić information content (AvgIpc) is 4.00. The SMILES string of the molecule is O=c1c2ccccc2c2cc(-c3ccc4c5ccccc5c5ccc(-n6c7ccccc7c7cc8c9ccccc9n(-c9ccccc9)c8cc76)cc5c4c3)cc3c4ccccc4n1c23. The van der Waals surface area contributed by atoms with Crippen LogP contribution < -0.4 is 5.56 Å². The molecule has 0 radical (unpaired) electrons. The summed E-state index contributed by atoms with van der Waals surface area (Å²) >= 11 is 0. The minimum absolute atomic E-state index is 0.0261. The maximum atomic E-state index is 14.1. The van der Waals surface area contributed by atoms with Crippen LogP contribution in [0.5, 0.6) is 0 Å². The van der Waals surface area contributed by atoms with Crippen LogP contribution in [0.3, 0.4) is 0 Å². The molecule has 15 aromatic rings. The van der Waals surface area contributed by atoms with Crippen LogP contribution in [-0.2, 0) is 0 Å². The van der Waals surface area contributed by atoms with Gasteiger partial charge < -0.3 is 9.13 Å². The molecule has 0 amide bonds. The van der Waals surface area contributed by atoms with E-state index in [0.29, 0.717) is 0 Å². The highest BCUT2D eigenvalue weighted by Crippen LogP contribution is 2.44. The summed E-state index contributed by atoms with van der Waals surface area (Å²) in [5.41, 5.74) is 11.2. The largest absolute Gasteiger partial charge is 0.309 e. The highest BCUT2D eigenvalue weighted by molar-refractivity contribution is 6.27. The van der Waals surface area contributed by atoms with E-state index in [1.54, 1.807) is 0 Å². The Kier molecular flexibility index (Phi) is 6.79. The molecule has 4 heteroatoms. The standard InChI is InChI=1S/C61H35N3O/c65-61-48-22-7-6-18-42(48)53-31-37(32-54-47-21-10-13-25-57(47)64(61)60(53)54)36-26-28-43-40-16-4-5-17-41(40)44-29-27-39(33-50(44)49(43)30-36)63-56-24-12-9-20-46(56)52-34-51-45-19-8-11-23-55(45)62(58(51)35-59(52)63)38-14-2-1-3-15-38/h1-35H. The van der Waals surface area contributed by atoms with Crippen LogP contribution in [0.25, 0.3) is 136 Å². The number of pyridine rings is 1. The van der Waals surface area contributed by atoms with Gasteiger partial charge in [-0.15, -0.1) is 0 Å². The van der Waals surface area contributed by atoms with Crippen LogP contribution in [-0.4, -0.2) is 13.5 Å². The second kappa shape index (κ2) is 12.7. The first-order valence-corrected chi connectivity index (χ1v) is 22.3. The van der Waals surface area contributed by atoms with Gasteiger partial charge in [-0.3, -0.25) is 9.20 Å². The van der Waals surface area contributed by atoms with E-state index in [2.05, 4.69) is 197 Å². The van der Waals surface area contributed by atoms with E-state index in [0.717, 1.165) is 60.5 Å². The lowest BCUT2D eigenvalue weighted by Gasteiger charge is -2.15. The Morgan fingerprint density at radius 3 is 1.34 bits per heavy atom. The maximum Gasteiger partial charge on any atom is 0.263 e. The summed E-state index contributed by atoms with van der Waals surface area (Å²) in [6.45, 7) is 0. The third-order valence-corrected chi connectivity index (χ3v) is 14.3. The van der Waals surface area contributed by atoms with Crippen molar-refractivity contribution in [3.63, 3.8) is 0 Å². The third kappa shape index (κ3) is 4.62. The number of nitrogens with zero attached hydrogens (tertiary/aromatic N) is 3. The zero-order valence-electron chi connectivity index (χ0n) is 35.0. The van der Waals surface area contributed by atoms with Crippen molar-refractivity contribution in [1.29, 1.82) is 0 Å². The summed E-state index contributed by atoms with van der Waals surface area (Å²) in [5, 5.41) is 17.3. The Morgan fingerprint density at radius 1 is 0.246 bits per heavy atom. The molecule has 65 heavy (non-hydrogen) atoms. The molecule has 0 saturated carbocycles. The van der Waals surface area contributed by atoms with Crippen LogP contribution in [0.4, 0.5) is 0 Å². The molecule has 300 valence electrons. The van der Waals surface area contributed by atoms with Gasteiger partial charge in [-0.2, -0.15) is 0 Å².